The molecule has 0 amide bonds. The van der Waals surface area contributed by atoms with E-state index in [9.17, 15) is 10.1 Å². The Bertz CT molecular complexity index is 513. The van der Waals surface area contributed by atoms with E-state index in [1.165, 1.54) is 6.07 Å². The minimum Gasteiger partial charge on any atom is -0.491 e. The van der Waals surface area contributed by atoms with Gasteiger partial charge in [0, 0.05) is 19.2 Å². The Labute approximate surface area is 131 Å². The van der Waals surface area contributed by atoms with Gasteiger partial charge in [-0.15, -0.1) is 0 Å². The number of nitrogens with zero attached hydrogens (tertiary/aromatic N) is 2. The normalized spacial score (nSPS) is 14.2. The lowest BCUT2D eigenvalue weighted by Crippen LogP contribution is -2.19. The fourth-order valence-corrected chi connectivity index (χ4v) is 2.54. The van der Waals surface area contributed by atoms with Gasteiger partial charge in [-0.1, -0.05) is 13.8 Å². The number of ether oxygens (including phenoxy) is 2. The highest BCUT2D eigenvalue weighted by atomic mass is 16.6. The summed E-state index contributed by atoms with van der Waals surface area (Å²) < 4.78 is 11.3. The van der Waals surface area contributed by atoms with E-state index in [0.717, 1.165) is 44.5 Å². The maximum absolute atomic E-state index is 11.3. The molecule has 0 aliphatic carbocycles. The summed E-state index contributed by atoms with van der Waals surface area (Å²) in [5.74, 6) is 0.914. The van der Waals surface area contributed by atoms with Gasteiger partial charge in [-0.25, -0.2) is 0 Å². The zero-order valence-corrected chi connectivity index (χ0v) is 13.3. The molecular formula is C16H24N2O4. The Balaban J connectivity index is 2.40. The van der Waals surface area contributed by atoms with E-state index in [-0.39, 0.29) is 5.69 Å². The van der Waals surface area contributed by atoms with Crippen LogP contribution in [0.4, 0.5) is 11.4 Å². The molecule has 22 heavy (non-hydrogen) atoms. The van der Waals surface area contributed by atoms with Crippen molar-refractivity contribution >= 4 is 11.4 Å². The molecule has 6 nitrogen and oxygen atoms in total. The van der Waals surface area contributed by atoms with Crippen molar-refractivity contribution in [3.63, 3.8) is 0 Å². The molecule has 0 aromatic heterocycles. The molecule has 6 heteroatoms. The predicted octanol–water partition coefficient (Wildman–Crippen LogP) is 3.77. The second-order valence-electron chi connectivity index (χ2n) is 5.44. The Morgan fingerprint density at radius 3 is 2.23 bits per heavy atom. The molecule has 0 saturated carbocycles. The molecule has 1 aromatic carbocycles. The first-order valence-electron chi connectivity index (χ1n) is 8.00. The van der Waals surface area contributed by atoms with Gasteiger partial charge in [-0.05, 0) is 25.7 Å². The van der Waals surface area contributed by atoms with Crippen molar-refractivity contribution in [2.24, 2.45) is 0 Å². The van der Waals surface area contributed by atoms with Crippen molar-refractivity contribution in [1.82, 2.24) is 0 Å². The molecule has 0 bridgehead atoms. The number of nitro benzene ring substituents is 1. The molecule has 1 aliphatic heterocycles. The fraction of sp³-hybridized carbons (Fsp3) is 0.625. The van der Waals surface area contributed by atoms with Crippen LogP contribution in [0.2, 0.25) is 0 Å². The van der Waals surface area contributed by atoms with E-state index in [1.807, 2.05) is 13.8 Å². The molecule has 0 radical (unpaired) electrons. The van der Waals surface area contributed by atoms with Crippen LogP contribution in [0.5, 0.6) is 11.5 Å². The molecule has 1 fully saturated rings. The van der Waals surface area contributed by atoms with Crippen molar-refractivity contribution in [2.45, 2.75) is 39.5 Å². The summed E-state index contributed by atoms with van der Waals surface area (Å²) >= 11 is 0. The summed E-state index contributed by atoms with van der Waals surface area (Å²) in [5, 5.41) is 11.3. The van der Waals surface area contributed by atoms with Crippen LogP contribution in [0.3, 0.4) is 0 Å². The second-order valence-corrected chi connectivity index (χ2v) is 5.44. The van der Waals surface area contributed by atoms with E-state index in [0.29, 0.717) is 24.7 Å². The van der Waals surface area contributed by atoms with Crippen molar-refractivity contribution in [2.75, 3.05) is 31.2 Å². The Morgan fingerprint density at radius 1 is 1.09 bits per heavy atom. The van der Waals surface area contributed by atoms with Crippen LogP contribution in [-0.4, -0.2) is 31.2 Å². The second kappa shape index (κ2) is 7.87. The first-order chi connectivity index (χ1) is 10.7. The molecule has 0 N–H and O–H groups in total. The molecule has 1 aromatic rings. The van der Waals surface area contributed by atoms with Crippen molar-refractivity contribution < 1.29 is 14.4 Å². The Kier molecular flexibility index (Phi) is 5.86. The van der Waals surface area contributed by atoms with Gasteiger partial charge >= 0.3 is 5.69 Å². The smallest absolute Gasteiger partial charge is 0.314 e. The zero-order valence-electron chi connectivity index (χ0n) is 13.3. The maximum Gasteiger partial charge on any atom is 0.314 e. The lowest BCUT2D eigenvalue weighted by Gasteiger charge is -2.22. The maximum atomic E-state index is 11.3. The van der Waals surface area contributed by atoms with Crippen LogP contribution in [0, 0.1) is 10.1 Å². The van der Waals surface area contributed by atoms with Gasteiger partial charge in [0.05, 0.1) is 29.9 Å². The highest BCUT2D eigenvalue weighted by Crippen LogP contribution is 2.41. The third-order valence-corrected chi connectivity index (χ3v) is 3.61. The van der Waals surface area contributed by atoms with Crippen molar-refractivity contribution in [3.05, 3.63) is 22.2 Å². The molecule has 122 valence electrons. The van der Waals surface area contributed by atoms with Crippen molar-refractivity contribution in [3.8, 4) is 11.5 Å². The van der Waals surface area contributed by atoms with Gasteiger partial charge in [0.2, 0.25) is 0 Å². The van der Waals surface area contributed by atoms with Crippen LogP contribution in [0.25, 0.3) is 0 Å². The number of benzene rings is 1. The van der Waals surface area contributed by atoms with Gasteiger partial charge in [-0.2, -0.15) is 0 Å². The first-order valence-corrected chi connectivity index (χ1v) is 8.00. The minimum absolute atomic E-state index is 0.0255. The summed E-state index contributed by atoms with van der Waals surface area (Å²) in [6, 6.07) is 3.28. The number of hydrogen-bond acceptors (Lipinski definition) is 5. The highest BCUT2D eigenvalue weighted by molar-refractivity contribution is 5.68. The summed E-state index contributed by atoms with van der Waals surface area (Å²) in [5.41, 5.74) is 0.880. The van der Waals surface area contributed by atoms with Gasteiger partial charge in [0.15, 0.2) is 5.75 Å². The average Bonchev–Trinajstić information content (AvgIpc) is 3.04. The summed E-state index contributed by atoms with van der Waals surface area (Å²) in [4.78, 5) is 13.1. The number of hydrogen-bond donors (Lipinski definition) is 0. The van der Waals surface area contributed by atoms with Crippen LogP contribution >= 0.6 is 0 Å². The van der Waals surface area contributed by atoms with Crippen LogP contribution in [-0.2, 0) is 0 Å². The molecular weight excluding hydrogens is 284 g/mol. The third kappa shape index (κ3) is 3.81. The lowest BCUT2D eigenvalue weighted by atomic mass is 10.2. The molecule has 0 spiro atoms. The van der Waals surface area contributed by atoms with E-state index < -0.39 is 4.92 Å². The standard InChI is InChI=1S/C16H24N2O4/c1-3-9-21-15-12-14(18(19)20)16(22-10-4-2)11-13(15)17-7-5-6-8-17/h11-12H,3-10H2,1-2H3. The third-order valence-electron chi connectivity index (χ3n) is 3.61. The molecule has 0 unspecified atom stereocenters. The summed E-state index contributed by atoms with van der Waals surface area (Å²) in [6.07, 6.45) is 3.94. The Hall–Kier alpha value is -1.98. The molecule has 1 heterocycles. The fourth-order valence-electron chi connectivity index (χ4n) is 2.54. The van der Waals surface area contributed by atoms with Crippen LogP contribution < -0.4 is 14.4 Å². The summed E-state index contributed by atoms with van der Waals surface area (Å²) in [6.45, 7) is 6.91. The van der Waals surface area contributed by atoms with Crippen molar-refractivity contribution in [1.29, 1.82) is 0 Å². The average molecular weight is 308 g/mol. The number of nitro groups is 1. The van der Waals surface area contributed by atoms with Gasteiger partial charge < -0.3 is 14.4 Å². The Morgan fingerprint density at radius 2 is 1.68 bits per heavy atom. The van der Waals surface area contributed by atoms with Crippen LogP contribution in [0.1, 0.15) is 39.5 Å². The quantitative estimate of drug-likeness (QED) is 0.540. The molecule has 2 rings (SSSR count). The van der Waals surface area contributed by atoms with E-state index >= 15 is 0 Å². The topological polar surface area (TPSA) is 64.8 Å². The first kappa shape index (κ1) is 16.4. The highest BCUT2D eigenvalue weighted by Gasteiger charge is 2.24. The van der Waals surface area contributed by atoms with E-state index in [4.69, 9.17) is 9.47 Å². The van der Waals surface area contributed by atoms with Gasteiger partial charge in [0.1, 0.15) is 5.75 Å². The number of anilines is 1. The van der Waals surface area contributed by atoms with E-state index in [1.54, 1.807) is 6.07 Å². The number of rotatable bonds is 8. The predicted molar refractivity (Wildman–Crippen MR) is 86.1 cm³/mol. The largest absolute Gasteiger partial charge is 0.491 e. The minimum atomic E-state index is -0.405. The zero-order chi connectivity index (χ0) is 15.9. The van der Waals surface area contributed by atoms with Gasteiger partial charge in [0.25, 0.3) is 0 Å². The monoisotopic (exact) mass is 308 g/mol. The SMILES string of the molecule is CCCOc1cc([N+](=O)[O-])c(OCCC)cc1N1CCCC1. The summed E-state index contributed by atoms with van der Waals surface area (Å²) in [7, 11) is 0. The van der Waals surface area contributed by atoms with Gasteiger partial charge in [-0.3, -0.25) is 10.1 Å². The van der Waals surface area contributed by atoms with E-state index in [2.05, 4.69) is 4.90 Å². The molecule has 1 saturated heterocycles. The van der Waals surface area contributed by atoms with Crippen LogP contribution in [0.15, 0.2) is 12.1 Å². The molecule has 0 atom stereocenters. The lowest BCUT2D eigenvalue weighted by molar-refractivity contribution is -0.385. The molecule has 1 aliphatic rings.